The normalized spacial score (nSPS) is 25.2. The lowest BCUT2D eigenvalue weighted by atomic mass is 10.00. The van der Waals surface area contributed by atoms with E-state index in [1.54, 1.807) is 0 Å². The van der Waals surface area contributed by atoms with Gasteiger partial charge >= 0.3 is 5.97 Å². The lowest BCUT2D eigenvalue weighted by molar-refractivity contribution is -0.143. The highest BCUT2D eigenvalue weighted by Gasteiger charge is 2.34. The number of nitrogens with one attached hydrogen (secondary N) is 1. The van der Waals surface area contributed by atoms with Gasteiger partial charge in [0, 0.05) is 6.04 Å². The molecule has 1 fully saturated rings. The Bertz CT molecular complexity index is 352. The van der Waals surface area contributed by atoms with E-state index in [1.807, 2.05) is 13.8 Å². The number of carboxylic acid groups (broad SMARTS) is 1. The molecule has 0 heterocycles. The van der Waals surface area contributed by atoms with Gasteiger partial charge in [0.15, 0.2) is 0 Å². The zero-order valence-corrected chi connectivity index (χ0v) is 11.0. The maximum atomic E-state index is 12.0. The summed E-state index contributed by atoms with van der Waals surface area (Å²) in [5.74, 6) is -1.40. The molecule has 3 atom stereocenters. The van der Waals surface area contributed by atoms with Crippen LogP contribution in [0.15, 0.2) is 12.2 Å². The van der Waals surface area contributed by atoms with Crippen molar-refractivity contribution in [3.63, 3.8) is 0 Å². The number of aliphatic carboxylic acids is 1. The highest BCUT2D eigenvalue weighted by molar-refractivity contribution is 5.86. The Hall–Kier alpha value is -1.36. The Labute approximate surface area is 107 Å². The second-order valence-electron chi connectivity index (χ2n) is 5.46. The number of hydrogen-bond acceptors (Lipinski definition) is 3. The van der Waals surface area contributed by atoms with Crippen LogP contribution in [-0.2, 0) is 9.59 Å². The molecule has 0 saturated heterocycles. The average molecular weight is 254 g/mol. The van der Waals surface area contributed by atoms with E-state index in [4.69, 9.17) is 10.8 Å². The summed E-state index contributed by atoms with van der Waals surface area (Å²) in [4.78, 5) is 23.1. The van der Waals surface area contributed by atoms with E-state index in [0.717, 1.165) is 5.57 Å². The molecule has 18 heavy (non-hydrogen) atoms. The maximum absolute atomic E-state index is 12.0. The maximum Gasteiger partial charge on any atom is 0.326 e. The second-order valence-corrected chi connectivity index (χ2v) is 5.46. The first kappa shape index (κ1) is 14.7. The Morgan fingerprint density at radius 1 is 1.50 bits per heavy atom. The Morgan fingerprint density at radius 2 is 2.11 bits per heavy atom. The monoisotopic (exact) mass is 254 g/mol. The van der Waals surface area contributed by atoms with E-state index in [1.165, 1.54) is 0 Å². The highest BCUT2D eigenvalue weighted by atomic mass is 16.4. The van der Waals surface area contributed by atoms with Gasteiger partial charge in [-0.2, -0.15) is 0 Å². The van der Waals surface area contributed by atoms with Gasteiger partial charge < -0.3 is 16.2 Å². The predicted molar refractivity (Wildman–Crippen MR) is 68.9 cm³/mol. The fourth-order valence-corrected chi connectivity index (χ4v) is 2.28. The fraction of sp³-hybridized carbons (Fsp3) is 0.692. The number of amides is 1. The van der Waals surface area contributed by atoms with E-state index in [0.29, 0.717) is 19.3 Å². The van der Waals surface area contributed by atoms with Crippen molar-refractivity contribution >= 4 is 11.9 Å². The molecule has 1 aliphatic rings. The number of carbonyl (C=O) groups is 2. The Balaban J connectivity index is 2.61. The number of carbonyl (C=O) groups excluding carboxylic acids is 1. The Kier molecular flexibility index (Phi) is 4.90. The van der Waals surface area contributed by atoms with Crippen LogP contribution in [0.4, 0.5) is 0 Å². The summed E-state index contributed by atoms with van der Waals surface area (Å²) in [5.41, 5.74) is 6.81. The zero-order chi connectivity index (χ0) is 13.9. The third-order valence-corrected chi connectivity index (χ3v) is 3.21. The first-order valence-electron chi connectivity index (χ1n) is 6.26. The van der Waals surface area contributed by atoms with Crippen LogP contribution in [0.2, 0.25) is 0 Å². The van der Waals surface area contributed by atoms with Gasteiger partial charge in [-0.15, -0.1) is 0 Å². The molecule has 0 spiro atoms. The molecule has 0 aromatic carbocycles. The molecule has 4 N–H and O–H groups in total. The van der Waals surface area contributed by atoms with Crippen LogP contribution in [0, 0.1) is 11.8 Å². The van der Waals surface area contributed by atoms with Gasteiger partial charge in [-0.25, -0.2) is 4.79 Å². The number of carboxylic acids is 1. The van der Waals surface area contributed by atoms with Crippen LogP contribution in [0.3, 0.4) is 0 Å². The van der Waals surface area contributed by atoms with Crippen molar-refractivity contribution in [1.29, 1.82) is 0 Å². The molecule has 0 aliphatic heterocycles. The van der Waals surface area contributed by atoms with Crippen LogP contribution >= 0.6 is 0 Å². The van der Waals surface area contributed by atoms with Gasteiger partial charge in [-0.05, 0) is 25.2 Å². The van der Waals surface area contributed by atoms with Crippen molar-refractivity contribution in [1.82, 2.24) is 5.32 Å². The van der Waals surface area contributed by atoms with Crippen molar-refractivity contribution in [3.05, 3.63) is 12.2 Å². The van der Waals surface area contributed by atoms with E-state index in [2.05, 4.69) is 11.9 Å². The minimum atomic E-state index is -0.998. The molecule has 1 rings (SSSR count). The van der Waals surface area contributed by atoms with Gasteiger partial charge in [0.05, 0.1) is 5.92 Å². The fourth-order valence-electron chi connectivity index (χ4n) is 2.28. The first-order chi connectivity index (χ1) is 8.31. The number of nitrogens with two attached hydrogens (primary N) is 1. The quantitative estimate of drug-likeness (QED) is 0.635. The topological polar surface area (TPSA) is 92.4 Å². The third kappa shape index (κ3) is 3.84. The van der Waals surface area contributed by atoms with Crippen LogP contribution < -0.4 is 11.1 Å². The standard InChI is InChI=1S/C13H22N2O3/c1-7(2)4-11(13(17)18)15-12(16)9-5-8(3)6-10(9)14/h7,9-11H,3-6,14H2,1-2H3,(H,15,16)(H,17,18)/t9-,10+,11+/m1/s1. The first-order valence-corrected chi connectivity index (χ1v) is 6.26. The molecule has 5 heteroatoms. The summed E-state index contributed by atoms with van der Waals surface area (Å²) in [6.07, 6.45) is 1.62. The van der Waals surface area contributed by atoms with Gasteiger partial charge in [0.1, 0.15) is 6.04 Å². The van der Waals surface area contributed by atoms with Gasteiger partial charge in [0.25, 0.3) is 0 Å². The second kappa shape index (κ2) is 6.00. The number of hydrogen-bond donors (Lipinski definition) is 3. The molecule has 102 valence electrons. The summed E-state index contributed by atoms with van der Waals surface area (Å²) in [6, 6.07) is -1.08. The molecule has 1 amide bonds. The van der Waals surface area contributed by atoms with Crippen molar-refractivity contribution < 1.29 is 14.7 Å². The third-order valence-electron chi connectivity index (χ3n) is 3.21. The van der Waals surface area contributed by atoms with Crippen molar-refractivity contribution in [2.24, 2.45) is 17.6 Å². The largest absolute Gasteiger partial charge is 0.480 e. The molecule has 1 saturated carbocycles. The molecule has 1 aliphatic carbocycles. The molecule has 0 unspecified atom stereocenters. The minimum absolute atomic E-state index is 0.207. The predicted octanol–water partition coefficient (Wildman–Crippen LogP) is 0.895. The molecule has 5 nitrogen and oxygen atoms in total. The molecule has 0 bridgehead atoms. The van der Waals surface area contributed by atoms with Crippen LogP contribution in [0.25, 0.3) is 0 Å². The smallest absolute Gasteiger partial charge is 0.326 e. The van der Waals surface area contributed by atoms with Crippen LogP contribution in [0.5, 0.6) is 0 Å². The summed E-state index contributed by atoms with van der Waals surface area (Å²) in [7, 11) is 0. The molecule has 0 aromatic heterocycles. The molecule has 0 radical (unpaired) electrons. The molecule has 0 aromatic rings. The highest BCUT2D eigenvalue weighted by Crippen LogP contribution is 2.28. The lowest BCUT2D eigenvalue weighted by Gasteiger charge is -2.20. The van der Waals surface area contributed by atoms with Crippen LogP contribution in [0.1, 0.15) is 33.1 Å². The van der Waals surface area contributed by atoms with E-state index < -0.39 is 12.0 Å². The summed E-state index contributed by atoms with van der Waals surface area (Å²) >= 11 is 0. The van der Waals surface area contributed by atoms with Crippen LogP contribution in [-0.4, -0.2) is 29.1 Å². The van der Waals surface area contributed by atoms with E-state index in [9.17, 15) is 9.59 Å². The molecular formula is C13H22N2O3. The molecular weight excluding hydrogens is 232 g/mol. The average Bonchev–Trinajstić information content (AvgIpc) is 2.56. The van der Waals surface area contributed by atoms with Crippen molar-refractivity contribution in [2.75, 3.05) is 0 Å². The SMILES string of the molecule is C=C1C[C@H](N)[C@H](C(=O)N[C@@H](CC(C)C)C(=O)O)C1. The van der Waals surface area contributed by atoms with Gasteiger partial charge in [-0.1, -0.05) is 26.0 Å². The van der Waals surface area contributed by atoms with Gasteiger partial charge in [-0.3, -0.25) is 4.79 Å². The summed E-state index contributed by atoms with van der Waals surface area (Å²) in [5, 5.41) is 11.6. The van der Waals surface area contributed by atoms with Crippen molar-refractivity contribution in [3.8, 4) is 0 Å². The number of rotatable bonds is 5. The van der Waals surface area contributed by atoms with E-state index >= 15 is 0 Å². The summed E-state index contributed by atoms with van der Waals surface area (Å²) in [6.45, 7) is 7.67. The van der Waals surface area contributed by atoms with E-state index in [-0.39, 0.29) is 23.8 Å². The summed E-state index contributed by atoms with van der Waals surface area (Å²) < 4.78 is 0. The van der Waals surface area contributed by atoms with Crippen molar-refractivity contribution in [2.45, 2.75) is 45.2 Å². The Morgan fingerprint density at radius 3 is 2.50 bits per heavy atom. The lowest BCUT2D eigenvalue weighted by Crippen LogP contribution is -2.47. The zero-order valence-electron chi connectivity index (χ0n) is 11.0. The van der Waals surface area contributed by atoms with Gasteiger partial charge in [0.2, 0.25) is 5.91 Å². The minimum Gasteiger partial charge on any atom is -0.480 e.